The van der Waals surface area contributed by atoms with Crippen molar-refractivity contribution in [3.8, 4) is 0 Å². The first-order chi connectivity index (χ1) is 10.5. The highest BCUT2D eigenvalue weighted by molar-refractivity contribution is 5.93. The van der Waals surface area contributed by atoms with Gasteiger partial charge in [-0.2, -0.15) is 0 Å². The highest BCUT2D eigenvalue weighted by Gasteiger charge is 2.17. The molecule has 1 heterocycles. The molecule has 1 saturated heterocycles. The lowest BCUT2D eigenvalue weighted by molar-refractivity contribution is -0.117. The van der Waals surface area contributed by atoms with Gasteiger partial charge in [0.25, 0.3) is 0 Å². The molecule has 1 aromatic carbocycles. The molecule has 2 rings (SSSR count). The summed E-state index contributed by atoms with van der Waals surface area (Å²) in [6, 6.07) is 7.47. The number of nitrogens with zero attached hydrogens (tertiary/aromatic N) is 1. The first-order valence-electron chi connectivity index (χ1n) is 7.61. The lowest BCUT2D eigenvalue weighted by Crippen LogP contribution is -2.27. The molecule has 1 fully saturated rings. The van der Waals surface area contributed by atoms with Gasteiger partial charge in [0.15, 0.2) is 0 Å². The third kappa shape index (κ3) is 5.46. The Morgan fingerprint density at radius 2 is 1.73 bits per heavy atom. The van der Waals surface area contributed by atoms with Gasteiger partial charge >= 0.3 is 0 Å². The molecule has 6 nitrogen and oxygen atoms in total. The summed E-state index contributed by atoms with van der Waals surface area (Å²) in [5.74, 6) is -0.0436. The highest BCUT2D eigenvalue weighted by atomic mass is 16.2. The van der Waals surface area contributed by atoms with E-state index in [1.165, 1.54) is 0 Å². The van der Waals surface area contributed by atoms with Crippen molar-refractivity contribution in [2.45, 2.75) is 25.3 Å². The van der Waals surface area contributed by atoms with Crippen LogP contribution in [0.15, 0.2) is 24.3 Å². The largest absolute Gasteiger partial charge is 0.326 e. The quantitative estimate of drug-likeness (QED) is 0.740. The number of carbonyl (C=O) groups is 2. The molecule has 1 aromatic rings. The number of nitrogens with one attached hydrogen (secondary N) is 3. The normalized spacial score (nSPS) is 17.5. The van der Waals surface area contributed by atoms with E-state index in [0.29, 0.717) is 19.0 Å². The maximum Gasteiger partial charge on any atom is 0.238 e. The molecule has 2 amide bonds. The Labute approximate surface area is 131 Å². The molecule has 1 atom stereocenters. The van der Waals surface area contributed by atoms with Crippen LogP contribution in [0.4, 0.5) is 11.4 Å². The summed E-state index contributed by atoms with van der Waals surface area (Å²) < 4.78 is 0. The molecule has 0 spiro atoms. The van der Waals surface area contributed by atoms with Gasteiger partial charge in [-0.15, -0.1) is 0 Å². The van der Waals surface area contributed by atoms with Crippen molar-refractivity contribution in [2.24, 2.45) is 0 Å². The second-order valence-electron chi connectivity index (χ2n) is 5.91. The monoisotopic (exact) mass is 304 g/mol. The van der Waals surface area contributed by atoms with Crippen LogP contribution < -0.4 is 16.0 Å². The molecule has 0 bridgehead atoms. The van der Waals surface area contributed by atoms with Gasteiger partial charge in [-0.25, -0.2) is 0 Å². The zero-order valence-electron chi connectivity index (χ0n) is 13.2. The van der Waals surface area contributed by atoms with E-state index in [1.807, 2.05) is 14.1 Å². The first-order valence-corrected chi connectivity index (χ1v) is 7.61. The fourth-order valence-corrected chi connectivity index (χ4v) is 2.49. The standard InChI is InChI=1S/C16H24N4O2/c1-20(2)11-16(22)19-13-7-5-12(6-8-13)18-15(21)10-14-4-3-9-17-14/h5-8,14,17H,3-4,9-11H2,1-2H3,(H,18,21)(H,19,22). The van der Waals surface area contributed by atoms with Crippen LogP contribution in [-0.2, 0) is 9.59 Å². The molecule has 0 aliphatic carbocycles. The van der Waals surface area contributed by atoms with E-state index >= 15 is 0 Å². The molecule has 0 aromatic heterocycles. The summed E-state index contributed by atoms with van der Waals surface area (Å²) in [5, 5.41) is 9.00. The van der Waals surface area contributed by atoms with Crippen molar-refractivity contribution in [3.63, 3.8) is 0 Å². The van der Waals surface area contributed by atoms with Gasteiger partial charge < -0.3 is 20.9 Å². The van der Waals surface area contributed by atoms with E-state index in [-0.39, 0.29) is 11.8 Å². The Bertz CT molecular complexity index is 507. The van der Waals surface area contributed by atoms with Crippen molar-refractivity contribution in [1.82, 2.24) is 10.2 Å². The average molecular weight is 304 g/mol. The van der Waals surface area contributed by atoms with Gasteiger partial charge in [0.1, 0.15) is 0 Å². The van der Waals surface area contributed by atoms with Crippen LogP contribution in [0.25, 0.3) is 0 Å². The highest BCUT2D eigenvalue weighted by Crippen LogP contribution is 2.15. The van der Waals surface area contributed by atoms with Crippen LogP contribution in [0, 0.1) is 0 Å². The number of hydrogen-bond acceptors (Lipinski definition) is 4. The number of benzene rings is 1. The third-order valence-corrected chi connectivity index (χ3v) is 3.51. The third-order valence-electron chi connectivity index (χ3n) is 3.51. The SMILES string of the molecule is CN(C)CC(=O)Nc1ccc(NC(=O)CC2CCCN2)cc1. The van der Waals surface area contributed by atoms with Gasteiger partial charge in [0.05, 0.1) is 6.54 Å². The molecule has 0 radical (unpaired) electrons. The number of likely N-dealkylation sites (N-methyl/N-ethyl adjacent to an activating group) is 1. The minimum atomic E-state index is -0.0610. The number of anilines is 2. The average Bonchev–Trinajstić information content (AvgIpc) is 2.92. The molecule has 1 aliphatic heterocycles. The van der Waals surface area contributed by atoms with Gasteiger partial charge in [-0.1, -0.05) is 0 Å². The van der Waals surface area contributed by atoms with Crippen LogP contribution in [0.1, 0.15) is 19.3 Å². The molecule has 1 aliphatic rings. The summed E-state index contributed by atoms with van der Waals surface area (Å²) >= 11 is 0. The maximum absolute atomic E-state index is 11.9. The summed E-state index contributed by atoms with van der Waals surface area (Å²) in [4.78, 5) is 25.4. The Balaban J connectivity index is 1.80. The van der Waals surface area contributed by atoms with Crippen molar-refractivity contribution in [3.05, 3.63) is 24.3 Å². The van der Waals surface area contributed by atoms with Crippen molar-refractivity contribution >= 4 is 23.2 Å². The lowest BCUT2D eigenvalue weighted by atomic mass is 10.1. The van der Waals surface area contributed by atoms with Gasteiger partial charge in [0, 0.05) is 23.8 Å². The van der Waals surface area contributed by atoms with E-state index in [9.17, 15) is 9.59 Å². The van der Waals surface area contributed by atoms with Crippen LogP contribution in [0.3, 0.4) is 0 Å². The van der Waals surface area contributed by atoms with Crippen LogP contribution >= 0.6 is 0 Å². The molecule has 1 unspecified atom stereocenters. The fourth-order valence-electron chi connectivity index (χ4n) is 2.49. The second-order valence-corrected chi connectivity index (χ2v) is 5.91. The van der Waals surface area contributed by atoms with Crippen LogP contribution in [0.2, 0.25) is 0 Å². The van der Waals surface area contributed by atoms with Crippen molar-refractivity contribution < 1.29 is 9.59 Å². The molecule has 0 saturated carbocycles. The van der Waals surface area contributed by atoms with Gasteiger partial charge in [-0.05, 0) is 57.7 Å². The Hall–Kier alpha value is -1.92. The zero-order chi connectivity index (χ0) is 15.9. The molecular formula is C16H24N4O2. The molecule has 22 heavy (non-hydrogen) atoms. The maximum atomic E-state index is 11.9. The molecule has 6 heteroatoms. The van der Waals surface area contributed by atoms with Crippen LogP contribution in [-0.4, -0.2) is 49.9 Å². The number of carbonyl (C=O) groups excluding carboxylic acids is 2. The number of amides is 2. The van der Waals surface area contributed by atoms with Gasteiger partial charge in [-0.3, -0.25) is 9.59 Å². The topological polar surface area (TPSA) is 73.5 Å². The predicted molar refractivity (Wildman–Crippen MR) is 87.9 cm³/mol. The minimum Gasteiger partial charge on any atom is -0.326 e. The molecule has 120 valence electrons. The zero-order valence-corrected chi connectivity index (χ0v) is 13.2. The number of rotatable bonds is 6. The minimum absolute atomic E-state index is 0.0174. The summed E-state index contributed by atoms with van der Waals surface area (Å²) in [5.41, 5.74) is 1.47. The fraction of sp³-hybridized carbons (Fsp3) is 0.500. The summed E-state index contributed by atoms with van der Waals surface area (Å²) in [6.07, 6.45) is 2.70. The second kappa shape index (κ2) is 7.91. The van der Waals surface area contributed by atoms with E-state index in [4.69, 9.17) is 0 Å². The number of hydrogen-bond donors (Lipinski definition) is 3. The molecule has 3 N–H and O–H groups in total. The Morgan fingerprint density at radius 1 is 1.14 bits per heavy atom. The smallest absolute Gasteiger partial charge is 0.238 e. The first kappa shape index (κ1) is 16.5. The summed E-state index contributed by atoms with van der Waals surface area (Å²) in [7, 11) is 3.69. The van der Waals surface area contributed by atoms with Crippen molar-refractivity contribution in [2.75, 3.05) is 37.8 Å². The van der Waals surface area contributed by atoms with E-state index in [0.717, 1.165) is 30.8 Å². The Kier molecular flexibility index (Phi) is 5.91. The van der Waals surface area contributed by atoms with E-state index in [1.54, 1.807) is 29.2 Å². The summed E-state index contributed by atoms with van der Waals surface area (Å²) in [6.45, 7) is 1.34. The van der Waals surface area contributed by atoms with Gasteiger partial charge in [0.2, 0.25) is 11.8 Å². The lowest BCUT2D eigenvalue weighted by Gasteiger charge is -2.12. The predicted octanol–water partition coefficient (Wildman–Crippen LogP) is 1.27. The van der Waals surface area contributed by atoms with Crippen molar-refractivity contribution in [1.29, 1.82) is 0 Å². The van der Waals surface area contributed by atoms with Crippen LogP contribution in [0.5, 0.6) is 0 Å². The molecular weight excluding hydrogens is 280 g/mol. The Morgan fingerprint density at radius 3 is 2.23 bits per heavy atom. The van der Waals surface area contributed by atoms with E-state index in [2.05, 4.69) is 16.0 Å². The van der Waals surface area contributed by atoms with E-state index < -0.39 is 0 Å².